The molecule has 6 rings (SSSR count). The van der Waals surface area contributed by atoms with Crippen molar-refractivity contribution in [2.24, 2.45) is 0 Å². The van der Waals surface area contributed by atoms with Gasteiger partial charge in [-0.15, -0.1) is 0 Å². The molecule has 10 nitrogen and oxygen atoms in total. The fourth-order valence-electron chi connectivity index (χ4n) is 5.34. The van der Waals surface area contributed by atoms with E-state index in [9.17, 15) is 32.3 Å². The first-order valence-electron chi connectivity index (χ1n) is 14.2. The first-order valence-corrected chi connectivity index (χ1v) is 14.2. The summed E-state index contributed by atoms with van der Waals surface area (Å²) in [6.45, 7) is 0.500. The topological polar surface area (TPSA) is 132 Å². The van der Waals surface area contributed by atoms with Gasteiger partial charge in [-0.1, -0.05) is 6.07 Å². The molecule has 1 saturated heterocycles. The van der Waals surface area contributed by atoms with E-state index in [1.54, 1.807) is 12.1 Å². The number of aromatic nitrogens is 2. The lowest BCUT2D eigenvalue weighted by molar-refractivity contribution is -0.265. The maximum Gasteiger partial charge on any atom is 0.424 e. The van der Waals surface area contributed by atoms with Gasteiger partial charge >= 0.3 is 6.18 Å². The number of nitrogens with zero attached hydrogens (tertiary/aromatic N) is 2. The number of methoxy groups -OCH3 is 1. The number of hydrogen-bond donors (Lipinski definition) is 3. The molecule has 4 heterocycles. The quantitative estimate of drug-likeness (QED) is 0.248. The van der Waals surface area contributed by atoms with E-state index >= 15 is 0 Å². The molecule has 0 saturated carbocycles. The van der Waals surface area contributed by atoms with E-state index in [2.05, 4.69) is 20.6 Å². The molecule has 0 radical (unpaired) electrons. The van der Waals surface area contributed by atoms with Crippen molar-refractivity contribution < 1.29 is 46.5 Å². The highest BCUT2D eigenvalue weighted by Gasteiger charge is 2.58. The lowest BCUT2D eigenvalue weighted by Gasteiger charge is -2.33. The van der Waals surface area contributed by atoms with Crippen molar-refractivity contribution in [1.29, 1.82) is 0 Å². The summed E-state index contributed by atoms with van der Waals surface area (Å²) >= 11 is 0. The van der Waals surface area contributed by atoms with Gasteiger partial charge in [-0.3, -0.25) is 14.6 Å². The summed E-state index contributed by atoms with van der Waals surface area (Å²) in [5.41, 5.74) is -5.61. The molecular weight excluding hydrogens is 612 g/mol. The van der Waals surface area contributed by atoms with Crippen LogP contribution in [0.4, 0.5) is 17.6 Å². The number of ether oxygens (including phenoxy) is 3. The third-order valence-electron chi connectivity index (χ3n) is 8.21. The molecule has 2 atom stereocenters. The van der Waals surface area contributed by atoms with Crippen LogP contribution in [0.15, 0.2) is 60.8 Å². The van der Waals surface area contributed by atoms with Crippen molar-refractivity contribution in [3.8, 4) is 22.8 Å². The summed E-state index contributed by atoms with van der Waals surface area (Å²) in [6.07, 6.45) is -3.83. The van der Waals surface area contributed by atoms with Gasteiger partial charge in [-0.25, -0.2) is 9.37 Å². The molecule has 2 aromatic heterocycles. The molecule has 1 fully saturated rings. The number of hydrogen-bond acceptors (Lipinski definition) is 8. The fourth-order valence-corrected chi connectivity index (χ4v) is 5.34. The highest BCUT2D eigenvalue weighted by atomic mass is 19.4. The standard InChI is InChI=1S/C32H28F4N4O6/c1-30(29(42)39-21-13-45-14-21)16-46-27-22(30)12-24(40-26(27)17-5-7-20(33)8-6-17)31(43,32(34,35)36)15-38-28(41)19-10-18-4-3-9-37-25(18)23(11-19)44-2/h3-12,21,43H,13-16H2,1-2H3,(H,38,41)(H,39,42)/t30-,31-/m0/s1. The van der Waals surface area contributed by atoms with Crippen LogP contribution in [0.2, 0.25) is 0 Å². The number of carbonyl (C=O) groups is 2. The summed E-state index contributed by atoms with van der Waals surface area (Å²) in [7, 11) is 1.36. The van der Waals surface area contributed by atoms with Gasteiger partial charge in [0.1, 0.15) is 40.5 Å². The van der Waals surface area contributed by atoms with Gasteiger partial charge in [0.2, 0.25) is 11.5 Å². The number of pyridine rings is 2. The monoisotopic (exact) mass is 640 g/mol. The van der Waals surface area contributed by atoms with E-state index in [1.807, 2.05) is 0 Å². The van der Waals surface area contributed by atoms with E-state index in [1.165, 1.54) is 44.5 Å². The number of amides is 2. The molecule has 0 spiro atoms. The third-order valence-corrected chi connectivity index (χ3v) is 8.21. The van der Waals surface area contributed by atoms with Crippen LogP contribution in [-0.4, -0.2) is 72.6 Å². The van der Waals surface area contributed by atoms with Crippen LogP contribution in [0, 0.1) is 5.82 Å². The van der Waals surface area contributed by atoms with Gasteiger partial charge in [0, 0.05) is 28.3 Å². The minimum absolute atomic E-state index is 0.0169. The van der Waals surface area contributed by atoms with Crippen LogP contribution in [0.1, 0.15) is 28.5 Å². The second-order valence-corrected chi connectivity index (χ2v) is 11.4. The molecule has 4 aromatic rings. The van der Waals surface area contributed by atoms with Gasteiger partial charge in [-0.05, 0) is 55.5 Å². The zero-order valence-corrected chi connectivity index (χ0v) is 24.6. The molecule has 3 N–H and O–H groups in total. The highest BCUT2D eigenvalue weighted by Crippen LogP contribution is 2.48. The van der Waals surface area contributed by atoms with E-state index < -0.39 is 47.1 Å². The summed E-state index contributed by atoms with van der Waals surface area (Å²) in [5, 5.41) is 16.9. The molecule has 2 amide bonds. The lowest BCUT2D eigenvalue weighted by atomic mass is 9.81. The maximum absolute atomic E-state index is 14.8. The average Bonchev–Trinajstić information content (AvgIpc) is 3.37. The summed E-state index contributed by atoms with van der Waals surface area (Å²) in [6, 6.07) is 11.5. The van der Waals surface area contributed by atoms with Crippen molar-refractivity contribution in [1.82, 2.24) is 20.6 Å². The van der Waals surface area contributed by atoms with Crippen molar-refractivity contribution in [3.05, 3.63) is 83.4 Å². The van der Waals surface area contributed by atoms with Crippen LogP contribution in [-0.2, 0) is 20.5 Å². The largest absolute Gasteiger partial charge is 0.494 e. The van der Waals surface area contributed by atoms with Crippen molar-refractivity contribution in [2.45, 2.75) is 30.2 Å². The number of rotatable bonds is 8. The number of aliphatic hydroxyl groups is 1. The zero-order valence-electron chi connectivity index (χ0n) is 24.6. The van der Waals surface area contributed by atoms with Crippen molar-refractivity contribution >= 4 is 22.7 Å². The van der Waals surface area contributed by atoms with Crippen molar-refractivity contribution in [3.63, 3.8) is 0 Å². The first-order chi connectivity index (χ1) is 21.8. The fraction of sp³-hybridized carbons (Fsp3) is 0.312. The molecule has 46 heavy (non-hydrogen) atoms. The predicted octanol–water partition coefficient (Wildman–Crippen LogP) is 3.79. The Morgan fingerprint density at radius 2 is 1.87 bits per heavy atom. The zero-order chi connectivity index (χ0) is 32.9. The summed E-state index contributed by atoms with van der Waals surface area (Å²) in [4.78, 5) is 35.0. The molecule has 240 valence electrons. The lowest BCUT2D eigenvalue weighted by Crippen LogP contribution is -2.54. The van der Waals surface area contributed by atoms with Gasteiger partial charge in [-0.2, -0.15) is 13.2 Å². The Labute approximate surface area is 259 Å². The van der Waals surface area contributed by atoms with Crippen LogP contribution < -0.4 is 20.1 Å². The number of nitrogens with one attached hydrogen (secondary N) is 2. The van der Waals surface area contributed by atoms with Crippen LogP contribution in [0.25, 0.3) is 22.2 Å². The Morgan fingerprint density at radius 3 is 2.52 bits per heavy atom. The number of fused-ring (bicyclic) bond motifs is 2. The smallest absolute Gasteiger partial charge is 0.424 e. The average molecular weight is 641 g/mol. The third kappa shape index (κ3) is 5.36. The number of halogens is 4. The first kappa shape index (κ1) is 31.2. The van der Waals surface area contributed by atoms with Gasteiger partial charge < -0.3 is 30.0 Å². The van der Waals surface area contributed by atoms with Gasteiger partial charge in [0.05, 0.1) is 38.6 Å². The Balaban J connectivity index is 1.41. The van der Waals surface area contributed by atoms with E-state index in [0.29, 0.717) is 10.9 Å². The summed E-state index contributed by atoms with van der Waals surface area (Å²) in [5.74, 6) is -1.81. The van der Waals surface area contributed by atoms with Crippen LogP contribution in [0.5, 0.6) is 11.5 Å². The van der Waals surface area contributed by atoms with Crippen LogP contribution >= 0.6 is 0 Å². The molecule has 2 aliphatic rings. The van der Waals surface area contributed by atoms with E-state index in [0.717, 1.165) is 18.2 Å². The number of alkyl halides is 3. The van der Waals surface area contributed by atoms with Gasteiger partial charge in [0.25, 0.3) is 5.91 Å². The molecule has 0 aliphatic carbocycles. The molecule has 14 heteroatoms. The van der Waals surface area contributed by atoms with Crippen LogP contribution in [0.3, 0.4) is 0 Å². The minimum atomic E-state index is -5.35. The molecule has 0 bridgehead atoms. The Hall–Kier alpha value is -4.82. The predicted molar refractivity (Wildman–Crippen MR) is 156 cm³/mol. The molecule has 2 aromatic carbocycles. The second-order valence-electron chi connectivity index (χ2n) is 11.4. The Bertz CT molecular complexity index is 1830. The second kappa shape index (κ2) is 11.5. The van der Waals surface area contributed by atoms with Crippen molar-refractivity contribution in [2.75, 3.05) is 33.5 Å². The normalized spacial score (nSPS) is 19.0. The highest BCUT2D eigenvalue weighted by molar-refractivity contribution is 6.00. The number of benzene rings is 2. The van der Waals surface area contributed by atoms with E-state index in [-0.39, 0.29) is 59.7 Å². The Morgan fingerprint density at radius 1 is 1.13 bits per heavy atom. The van der Waals surface area contributed by atoms with Gasteiger partial charge in [0.15, 0.2) is 0 Å². The van der Waals surface area contributed by atoms with E-state index in [4.69, 9.17) is 14.2 Å². The summed E-state index contributed by atoms with van der Waals surface area (Å²) < 4.78 is 74.6. The number of carbonyl (C=O) groups excluding carboxylic acids is 2. The minimum Gasteiger partial charge on any atom is -0.494 e. The molecular formula is C32H28F4N4O6. The molecule has 0 unspecified atom stereocenters. The SMILES string of the molecule is COc1cc(C(=O)NC[C@](O)(c2cc3c(c(-c4ccc(F)cc4)n2)OC[C@]3(C)C(=O)NC2COC2)C(F)(F)F)cc2cccnc12. The maximum atomic E-state index is 14.8. The Kier molecular flexibility index (Phi) is 7.81. The molecule has 2 aliphatic heterocycles.